The van der Waals surface area contributed by atoms with Crippen molar-refractivity contribution in [1.29, 1.82) is 0 Å². The van der Waals surface area contributed by atoms with Crippen LogP contribution in [0.5, 0.6) is 0 Å². The second-order valence-electron chi connectivity index (χ2n) is 6.45. The molecule has 1 atom stereocenters. The normalized spacial score (nSPS) is 24.8. The van der Waals surface area contributed by atoms with Crippen LogP contribution in [0.15, 0.2) is 12.3 Å². The van der Waals surface area contributed by atoms with Crippen molar-refractivity contribution in [3.05, 3.63) is 12.3 Å². The van der Waals surface area contributed by atoms with Gasteiger partial charge >= 0.3 is 0 Å². The van der Waals surface area contributed by atoms with Crippen LogP contribution >= 0.6 is 0 Å². The van der Waals surface area contributed by atoms with Crippen molar-refractivity contribution in [2.45, 2.75) is 84.7 Å². The van der Waals surface area contributed by atoms with Gasteiger partial charge in [-0.05, 0) is 51.6 Å². The zero-order valence-electron chi connectivity index (χ0n) is 12.5. The standard InChI is InChI=1S/C16H31N/c1-6-7-8-9-13-17-15(14(2)3)11-10-12-16(17,4)5/h9,13-15H,6-8,10-12H2,1-5H3/b13-9+/t15-/m0/s1. The molecule has 1 nitrogen and oxygen atoms in total. The van der Waals surface area contributed by atoms with Crippen molar-refractivity contribution in [3.8, 4) is 0 Å². The van der Waals surface area contributed by atoms with Crippen LogP contribution < -0.4 is 0 Å². The number of nitrogens with zero attached hydrogens (tertiary/aromatic N) is 1. The van der Waals surface area contributed by atoms with Gasteiger partial charge in [-0.15, -0.1) is 0 Å². The van der Waals surface area contributed by atoms with Crippen molar-refractivity contribution < 1.29 is 0 Å². The largest absolute Gasteiger partial charge is 0.369 e. The van der Waals surface area contributed by atoms with E-state index in [-0.39, 0.29) is 0 Å². The van der Waals surface area contributed by atoms with E-state index in [0.29, 0.717) is 5.54 Å². The van der Waals surface area contributed by atoms with Crippen LogP contribution in [-0.4, -0.2) is 16.5 Å². The minimum absolute atomic E-state index is 0.343. The molecule has 1 aliphatic heterocycles. The highest BCUT2D eigenvalue weighted by Gasteiger charge is 2.35. The summed E-state index contributed by atoms with van der Waals surface area (Å²) in [6.07, 6.45) is 12.7. The molecule has 0 spiro atoms. The molecule has 0 aliphatic carbocycles. The Morgan fingerprint density at radius 3 is 2.65 bits per heavy atom. The molecule has 0 bridgehead atoms. The summed E-state index contributed by atoms with van der Waals surface area (Å²) in [6.45, 7) is 11.8. The third-order valence-corrected chi connectivity index (χ3v) is 4.10. The number of likely N-dealkylation sites (tertiary alicyclic amines) is 1. The lowest BCUT2D eigenvalue weighted by atomic mass is 9.82. The van der Waals surface area contributed by atoms with Gasteiger partial charge < -0.3 is 4.90 Å². The fourth-order valence-corrected chi connectivity index (χ4v) is 2.94. The molecule has 1 heteroatoms. The number of unbranched alkanes of at least 4 members (excludes halogenated alkanes) is 2. The lowest BCUT2D eigenvalue weighted by molar-refractivity contribution is 0.0488. The zero-order chi connectivity index (χ0) is 12.9. The maximum atomic E-state index is 2.64. The first-order valence-corrected chi connectivity index (χ1v) is 7.44. The van der Waals surface area contributed by atoms with Crippen molar-refractivity contribution in [2.24, 2.45) is 5.92 Å². The minimum atomic E-state index is 0.343. The summed E-state index contributed by atoms with van der Waals surface area (Å²) in [4.78, 5) is 2.64. The number of allylic oxidation sites excluding steroid dienone is 1. The molecule has 1 aliphatic rings. The fraction of sp³-hybridized carbons (Fsp3) is 0.875. The van der Waals surface area contributed by atoms with Gasteiger partial charge in [-0.3, -0.25) is 0 Å². The first-order valence-electron chi connectivity index (χ1n) is 7.44. The van der Waals surface area contributed by atoms with Crippen LogP contribution in [0.2, 0.25) is 0 Å². The molecule has 0 amide bonds. The molecule has 1 rings (SSSR count). The highest BCUT2D eigenvalue weighted by Crippen LogP contribution is 2.35. The predicted molar refractivity (Wildman–Crippen MR) is 77.1 cm³/mol. The molecule has 0 unspecified atom stereocenters. The van der Waals surface area contributed by atoms with Gasteiger partial charge in [-0.1, -0.05) is 39.7 Å². The Kier molecular flexibility index (Phi) is 5.55. The van der Waals surface area contributed by atoms with E-state index in [1.807, 2.05) is 0 Å². The third-order valence-electron chi connectivity index (χ3n) is 4.10. The van der Waals surface area contributed by atoms with Crippen molar-refractivity contribution in [2.75, 3.05) is 0 Å². The van der Waals surface area contributed by atoms with Gasteiger partial charge in [0.05, 0.1) is 0 Å². The van der Waals surface area contributed by atoms with Gasteiger partial charge in [-0.25, -0.2) is 0 Å². The Balaban J connectivity index is 2.68. The second kappa shape index (κ2) is 6.47. The topological polar surface area (TPSA) is 3.24 Å². The van der Waals surface area contributed by atoms with Gasteiger partial charge in [0.15, 0.2) is 0 Å². The molecule has 0 radical (unpaired) electrons. The Bertz CT molecular complexity index is 240. The Morgan fingerprint density at radius 1 is 1.35 bits per heavy atom. The van der Waals surface area contributed by atoms with Gasteiger partial charge in [0.1, 0.15) is 0 Å². The van der Waals surface area contributed by atoms with Crippen molar-refractivity contribution in [1.82, 2.24) is 4.90 Å². The lowest BCUT2D eigenvalue weighted by Crippen LogP contribution is -2.51. The van der Waals surface area contributed by atoms with Crippen LogP contribution in [0, 0.1) is 5.92 Å². The van der Waals surface area contributed by atoms with Crippen molar-refractivity contribution >= 4 is 0 Å². The van der Waals surface area contributed by atoms with Crippen molar-refractivity contribution in [3.63, 3.8) is 0 Å². The summed E-state index contributed by atoms with van der Waals surface area (Å²) >= 11 is 0. The van der Waals surface area contributed by atoms with Crippen LogP contribution in [0.1, 0.15) is 73.1 Å². The summed E-state index contributed by atoms with van der Waals surface area (Å²) in [6, 6.07) is 0.733. The van der Waals surface area contributed by atoms with Crippen LogP contribution in [0.4, 0.5) is 0 Å². The van der Waals surface area contributed by atoms with E-state index in [0.717, 1.165) is 12.0 Å². The molecular weight excluding hydrogens is 206 g/mol. The highest BCUT2D eigenvalue weighted by atomic mass is 15.2. The van der Waals surface area contributed by atoms with Gasteiger partial charge in [0.2, 0.25) is 0 Å². The van der Waals surface area contributed by atoms with E-state index in [1.165, 1.54) is 38.5 Å². The van der Waals surface area contributed by atoms with E-state index >= 15 is 0 Å². The number of hydrogen-bond acceptors (Lipinski definition) is 1. The first-order chi connectivity index (χ1) is 7.99. The van der Waals surface area contributed by atoms with E-state index < -0.39 is 0 Å². The number of piperidine rings is 1. The van der Waals surface area contributed by atoms with Gasteiger partial charge in [0, 0.05) is 11.6 Å². The fourth-order valence-electron chi connectivity index (χ4n) is 2.94. The second-order valence-corrected chi connectivity index (χ2v) is 6.45. The molecule has 1 fully saturated rings. The Morgan fingerprint density at radius 2 is 2.06 bits per heavy atom. The van der Waals surface area contributed by atoms with E-state index in [1.54, 1.807) is 0 Å². The van der Waals surface area contributed by atoms with E-state index in [4.69, 9.17) is 0 Å². The molecule has 0 N–H and O–H groups in total. The zero-order valence-corrected chi connectivity index (χ0v) is 12.5. The first kappa shape index (κ1) is 14.6. The lowest BCUT2D eigenvalue weighted by Gasteiger charge is -2.49. The maximum Gasteiger partial charge on any atom is 0.0343 e. The quantitative estimate of drug-likeness (QED) is 0.610. The predicted octanol–water partition coefficient (Wildman–Crippen LogP) is 4.98. The average molecular weight is 237 g/mol. The van der Waals surface area contributed by atoms with E-state index in [9.17, 15) is 0 Å². The summed E-state index contributed by atoms with van der Waals surface area (Å²) in [7, 11) is 0. The molecule has 0 aromatic carbocycles. The number of hydrogen-bond donors (Lipinski definition) is 0. The van der Waals surface area contributed by atoms with Gasteiger partial charge in [0.25, 0.3) is 0 Å². The molecule has 0 aromatic rings. The maximum absolute atomic E-state index is 2.64. The highest BCUT2D eigenvalue weighted by molar-refractivity contribution is 4.99. The monoisotopic (exact) mass is 237 g/mol. The van der Waals surface area contributed by atoms with E-state index in [2.05, 4.69) is 51.8 Å². The molecule has 1 heterocycles. The van der Waals surface area contributed by atoms with Crippen LogP contribution in [0.25, 0.3) is 0 Å². The smallest absolute Gasteiger partial charge is 0.0343 e. The molecule has 100 valence electrons. The summed E-state index contributed by atoms with van der Waals surface area (Å²) in [5.74, 6) is 0.755. The molecular formula is C16H31N. The summed E-state index contributed by atoms with van der Waals surface area (Å²) in [5.41, 5.74) is 0.343. The molecule has 17 heavy (non-hydrogen) atoms. The average Bonchev–Trinajstić information content (AvgIpc) is 2.25. The minimum Gasteiger partial charge on any atom is -0.369 e. The molecule has 0 saturated carbocycles. The van der Waals surface area contributed by atoms with Crippen LogP contribution in [0.3, 0.4) is 0 Å². The molecule has 1 saturated heterocycles. The van der Waals surface area contributed by atoms with Crippen LogP contribution in [-0.2, 0) is 0 Å². The summed E-state index contributed by atoms with van der Waals surface area (Å²) in [5, 5.41) is 0. The third kappa shape index (κ3) is 4.04. The molecule has 0 aromatic heterocycles. The van der Waals surface area contributed by atoms with Gasteiger partial charge in [-0.2, -0.15) is 0 Å². The Labute approximate surface area is 108 Å². The Hall–Kier alpha value is -0.460. The summed E-state index contributed by atoms with van der Waals surface area (Å²) < 4.78 is 0. The number of rotatable bonds is 5. The SMILES string of the molecule is CCCC/C=C/N1[C@H](C(C)C)CCCC1(C)C.